The number of anilines is 1. The van der Waals surface area contributed by atoms with Crippen LogP contribution in [0.3, 0.4) is 0 Å². The molecule has 0 aliphatic heterocycles. The molecule has 2 rings (SSSR count). The summed E-state index contributed by atoms with van der Waals surface area (Å²) in [7, 11) is 1.86. The Morgan fingerprint density at radius 3 is 2.60 bits per heavy atom. The number of nitrogens with zero attached hydrogens (tertiary/aromatic N) is 2. The van der Waals surface area contributed by atoms with Crippen molar-refractivity contribution in [2.24, 2.45) is 7.05 Å². The van der Waals surface area contributed by atoms with E-state index >= 15 is 0 Å². The maximum absolute atomic E-state index is 12.0. The minimum Gasteiger partial charge on any atom is -0.396 e. The Morgan fingerprint density at radius 2 is 2.05 bits per heavy atom. The molecule has 0 radical (unpaired) electrons. The van der Waals surface area contributed by atoms with Gasteiger partial charge < -0.3 is 11.1 Å². The second-order valence-corrected chi connectivity index (χ2v) is 5.12. The first-order valence-corrected chi connectivity index (χ1v) is 6.74. The van der Waals surface area contributed by atoms with Gasteiger partial charge in [-0.1, -0.05) is 23.2 Å². The average Bonchev–Trinajstić information content (AvgIpc) is 2.81. The highest BCUT2D eigenvalue weighted by Crippen LogP contribution is 2.28. The molecule has 1 amide bonds. The summed E-state index contributed by atoms with van der Waals surface area (Å²) in [5.41, 5.74) is 7.33. The van der Waals surface area contributed by atoms with E-state index in [0.29, 0.717) is 18.5 Å². The van der Waals surface area contributed by atoms with Crippen LogP contribution < -0.4 is 11.1 Å². The third-order valence-electron chi connectivity index (χ3n) is 2.93. The van der Waals surface area contributed by atoms with Crippen molar-refractivity contribution < 1.29 is 4.79 Å². The summed E-state index contributed by atoms with van der Waals surface area (Å²) in [6.45, 7) is 0.498. The van der Waals surface area contributed by atoms with E-state index in [9.17, 15) is 4.79 Å². The highest BCUT2D eigenvalue weighted by Gasteiger charge is 2.11. The molecule has 0 atom stereocenters. The predicted molar refractivity (Wildman–Crippen MR) is 80.1 cm³/mol. The zero-order valence-electron chi connectivity index (χ0n) is 10.9. The van der Waals surface area contributed by atoms with E-state index in [4.69, 9.17) is 28.9 Å². The lowest BCUT2D eigenvalue weighted by Gasteiger charge is -2.08. The fourth-order valence-corrected chi connectivity index (χ4v) is 2.26. The molecule has 0 aliphatic rings. The highest BCUT2D eigenvalue weighted by atomic mass is 35.5. The Labute approximate surface area is 126 Å². The Kier molecular flexibility index (Phi) is 4.52. The zero-order valence-corrected chi connectivity index (χ0v) is 12.4. The van der Waals surface area contributed by atoms with E-state index in [1.54, 1.807) is 10.9 Å². The molecule has 0 unspecified atom stereocenters. The van der Waals surface area contributed by atoms with Crippen molar-refractivity contribution in [3.8, 4) is 0 Å². The van der Waals surface area contributed by atoms with Crippen molar-refractivity contribution >= 4 is 34.8 Å². The van der Waals surface area contributed by atoms with Gasteiger partial charge in [0.05, 0.1) is 15.7 Å². The van der Waals surface area contributed by atoms with Crippen LogP contribution in [0, 0.1) is 0 Å². The normalized spacial score (nSPS) is 10.6. The van der Waals surface area contributed by atoms with Crippen LogP contribution in [0.2, 0.25) is 10.0 Å². The third-order valence-corrected chi connectivity index (χ3v) is 3.56. The Morgan fingerprint density at radius 1 is 1.40 bits per heavy atom. The molecule has 0 spiro atoms. The van der Waals surface area contributed by atoms with Gasteiger partial charge in [-0.05, 0) is 18.2 Å². The first-order valence-electron chi connectivity index (χ1n) is 5.98. The van der Waals surface area contributed by atoms with Gasteiger partial charge in [-0.25, -0.2) is 0 Å². The van der Waals surface area contributed by atoms with Crippen molar-refractivity contribution in [2.45, 2.75) is 6.42 Å². The summed E-state index contributed by atoms with van der Waals surface area (Å²) >= 11 is 11.8. The van der Waals surface area contributed by atoms with Crippen molar-refractivity contribution in [2.75, 3.05) is 12.3 Å². The predicted octanol–water partition coefficient (Wildman–Crippen LogP) is 2.28. The monoisotopic (exact) mass is 312 g/mol. The largest absolute Gasteiger partial charge is 0.396 e. The summed E-state index contributed by atoms with van der Waals surface area (Å²) in [5, 5.41) is 7.41. The molecule has 0 fully saturated rings. The molecule has 0 saturated heterocycles. The topological polar surface area (TPSA) is 72.9 Å². The Hall–Kier alpha value is -1.72. The molecule has 20 heavy (non-hydrogen) atoms. The molecule has 2 aromatic rings. The van der Waals surface area contributed by atoms with Crippen molar-refractivity contribution in [3.63, 3.8) is 0 Å². The maximum atomic E-state index is 12.0. The quantitative estimate of drug-likeness (QED) is 0.851. The third kappa shape index (κ3) is 3.23. The lowest BCUT2D eigenvalue weighted by molar-refractivity contribution is 0.0954. The minimum absolute atomic E-state index is 0.240. The van der Waals surface area contributed by atoms with E-state index in [1.807, 2.05) is 13.1 Å². The van der Waals surface area contributed by atoms with Gasteiger partial charge in [-0.3, -0.25) is 9.48 Å². The number of hydrogen-bond donors (Lipinski definition) is 2. The molecule has 7 heteroatoms. The maximum Gasteiger partial charge on any atom is 0.251 e. The summed E-state index contributed by atoms with van der Waals surface area (Å²) in [6, 6.07) is 4.91. The number of aromatic nitrogens is 2. The minimum atomic E-state index is -0.240. The van der Waals surface area contributed by atoms with Crippen LogP contribution in [0.15, 0.2) is 24.4 Å². The van der Waals surface area contributed by atoms with Gasteiger partial charge in [0.25, 0.3) is 5.91 Å². The molecule has 0 saturated carbocycles. The molecular weight excluding hydrogens is 299 g/mol. The fourth-order valence-electron chi connectivity index (χ4n) is 1.77. The van der Waals surface area contributed by atoms with Gasteiger partial charge in [-0.2, -0.15) is 5.10 Å². The van der Waals surface area contributed by atoms with E-state index < -0.39 is 0 Å². The Balaban J connectivity index is 1.97. The molecular formula is C13H14Cl2N4O. The second kappa shape index (κ2) is 6.15. The van der Waals surface area contributed by atoms with Crippen LogP contribution in [0.25, 0.3) is 0 Å². The molecule has 3 N–H and O–H groups in total. The average molecular weight is 313 g/mol. The molecule has 0 bridgehead atoms. The number of carbonyl (C=O) groups excluding carboxylic acids is 1. The molecule has 0 aliphatic carbocycles. The first-order chi connectivity index (χ1) is 9.49. The summed E-state index contributed by atoms with van der Waals surface area (Å²) < 4.78 is 1.77. The molecule has 1 aromatic heterocycles. The van der Waals surface area contributed by atoms with Crippen LogP contribution >= 0.6 is 23.2 Å². The van der Waals surface area contributed by atoms with Crippen LogP contribution in [-0.4, -0.2) is 22.2 Å². The standard InChI is InChI=1S/C13H14Cl2N4O/c1-19-9(3-5-18-19)2-4-17-13(20)8-6-10(14)12(16)11(15)7-8/h3,5-7H,2,4,16H2,1H3,(H,17,20). The summed E-state index contributed by atoms with van der Waals surface area (Å²) in [6.07, 6.45) is 2.41. The van der Waals surface area contributed by atoms with E-state index in [1.165, 1.54) is 12.1 Å². The van der Waals surface area contributed by atoms with Crippen molar-refractivity contribution in [3.05, 3.63) is 45.7 Å². The van der Waals surface area contributed by atoms with Crippen LogP contribution in [0.4, 0.5) is 5.69 Å². The van der Waals surface area contributed by atoms with E-state index in [2.05, 4.69) is 10.4 Å². The lowest BCUT2D eigenvalue weighted by Crippen LogP contribution is -2.26. The van der Waals surface area contributed by atoms with Crippen LogP contribution in [0.5, 0.6) is 0 Å². The number of hydrogen-bond acceptors (Lipinski definition) is 3. The zero-order chi connectivity index (χ0) is 14.7. The van der Waals surface area contributed by atoms with Gasteiger partial charge in [-0.15, -0.1) is 0 Å². The number of aryl methyl sites for hydroxylation is 1. The SMILES string of the molecule is Cn1nccc1CCNC(=O)c1cc(Cl)c(N)c(Cl)c1. The van der Waals surface area contributed by atoms with Gasteiger partial charge in [0.2, 0.25) is 0 Å². The molecule has 106 valence electrons. The fraction of sp³-hybridized carbons (Fsp3) is 0.231. The highest BCUT2D eigenvalue weighted by molar-refractivity contribution is 6.39. The van der Waals surface area contributed by atoms with Crippen LogP contribution in [-0.2, 0) is 13.5 Å². The van der Waals surface area contributed by atoms with Crippen LogP contribution in [0.1, 0.15) is 16.1 Å². The molecule has 1 heterocycles. The summed E-state index contributed by atoms with van der Waals surface area (Å²) in [4.78, 5) is 12.0. The number of nitrogens with one attached hydrogen (secondary N) is 1. The number of benzene rings is 1. The van der Waals surface area contributed by atoms with Gasteiger partial charge in [0.15, 0.2) is 0 Å². The van der Waals surface area contributed by atoms with Crippen molar-refractivity contribution in [1.82, 2.24) is 15.1 Å². The number of carbonyl (C=O) groups is 1. The number of nitrogens with two attached hydrogens (primary N) is 1. The van der Waals surface area contributed by atoms with E-state index in [0.717, 1.165) is 5.69 Å². The number of rotatable bonds is 4. The lowest BCUT2D eigenvalue weighted by atomic mass is 10.2. The molecule has 1 aromatic carbocycles. The first kappa shape index (κ1) is 14.7. The van der Waals surface area contributed by atoms with Gasteiger partial charge in [0.1, 0.15) is 0 Å². The number of amides is 1. The van der Waals surface area contributed by atoms with Gasteiger partial charge in [0, 0.05) is 37.5 Å². The number of halogens is 2. The summed E-state index contributed by atoms with van der Waals surface area (Å²) in [5.74, 6) is -0.240. The Bertz CT molecular complexity index is 616. The van der Waals surface area contributed by atoms with Crippen molar-refractivity contribution in [1.29, 1.82) is 0 Å². The number of nitrogen functional groups attached to an aromatic ring is 1. The second-order valence-electron chi connectivity index (χ2n) is 4.31. The van der Waals surface area contributed by atoms with E-state index in [-0.39, 0.29) is 21.6 Å². The smallest absolute Gasteiger partial charge is 0.251 e. The van der Waals surface area contributed by atoms with Gasteiger partial charge >= 0.3 is 0 Å². The molecule has 5 nitrogen and oxygen atoms in total.